The fraction of sp³-hybridized carbons (Fsp3) is 0.200. The molecule has 32 heavy (non-hydrogen) atoms. The number of halogens is 1. The van der Waals surface area contributed by atoms with Gasteiger partial charge in [0.05, 0.1) is 23.7 Å². The first-order valence-corrected chi connectivity index (χ1v) is 12.3. The van der Waals surface area contributed by atoms with E-state index in [0.29, 0.717) is 22.4 Å². The Balaban J connectivity index is 1.50. The lowest BCUT2D eigenvalue weighted by atomic mass is 9.77. The Morgan fingerprint density at radius 2 is 1.91 bits per heavy atom. The Kier molecular flexibility index (Phi) is 5.35. The third-order valence-corrected chi connectivity index (χ3v) is 7.80. The summed E-state index contributed by atoms with van der Waals surface area (Å²) in [6.07, 6.45) is 5.29. The highest BCUT2D eigenvalue weighted by molar-refractivity contribution is 7.92. The van der Waals surface area contributed by atoms with E-state index < -0.39 is 10.0 Å². The molecule has 2 N–H and O–H groups in total. The van der Waals surface area contributed by atoms with Crippen LogP contribution in [0.25, 0.3) is 0 Å². The van der Waals surface area contributed by atoms with E-state index in [4.69, 9.17) is 16.3 Å². The van der Waals surface area contributed by atoms with Crippen molar-refractivity contribution < 1.29 is 13.2 Å². The molecule has 0 saturated carbocycles. The number of benzene rings is 3. The van der Waals surface area contributed by atoms with E-state index in [0.717, 1.165) is 23.2 Å². The second-order valence-corrected chi connectivity index (χ2v) is 10.2. The number of nitrogens with one attached hydrogen (secondary N) is 2. The second-order valence-electron chi connectivity index (χ2n) is 8.09. The van der Waals surface area contributed by atoms with Crippen molar-refractivity contribution in [2.75, 3.05) is 17.1 Å². The molecule has 0 bridgehead atoms. The van der Waals surface area contributed by atoms with Crippen LogP contribution in [0.15, 0.2) is 83.8 Å². The van der Waals surface area contributed by atoms with Crippen molar-refractivity contribution in [1.82, 2.24) is 0 Å². The van der Waals surface area contributed by atoms with Crippen LogP contribution in [0, 0.1) is 5.92 Å². The fourth-order valence-corrected chi connectivity index (χ4v) is 6.01. The number of anilines is 2. The standard InChI is InChI=1S/C25H23ClN2O3S/c1-31-24-11-3-2-10-23(24)28-32(29,30)18-12-13-22-21(15-18)19-8-5-9-20(19)25(27-22)16-6-4-7-17(26)14-16/h2-8,10-15,19-20,25,27-28H,9H2,1H3/t19-,20+,25+/m0/s1. The van der Waals surface area contributed by atoms with Crippen molar-refractivity contribution in [2.45, 2.75) is 23.3 Å². The molecule has 0 amide bonds. The Hall–Kier alpha value is -2.96. The van der Waals surface area contributed by atoms with Gasteiger partial charge in [-0.15, -0.1) is 0 Å². The molecule has 5 rings (SSSR count). The van der Waals surface area contributed by atoms with Gasteiger partial charge < -0.3 is 10.1 Å². The third-order valence-electron chi connectivity index (χ3n) is 6.20. The predicted octanol–water partition coefficient (Wildman–Crippen LogP) is 5.98. The lowest BCUT2D eigenvalue weighted by Gasteiger charge is -2.37. The second kappa shape index (κ2) is 8.19. The van der Waals surface area contributed by atoms with Gasteiger partial charge in [-0.25, -0.2) is 8.42 Å². The van der Waals surface area contributed by atoms with E-state index in [2.05, 4.69) is 28.3 Å². The zero-order valence-corrected chi connectivity index (χ0v) is 19.0. The Morgan fingerprint density at radius 3 is 2.72 bits per heavy atom. The van der Waals surface area contributed by atoms with Crippen molar-refractivity contribution in [3.8, 4) is 5.75 Å². The molecule has 0 saturated heterocycles. The third kappa shape index (κ3) is 3.74. The normalized spacial score (nSPS) is 21.4. The molecule has 1 aliphatic carbocycles. The first-order chi connectivity index (χ1) is 15.5. The zero-order valence-electron chi connectivity index (χ0n) is 17.5. The number of methoxy groups -OCH3 is 1. The summed E-state index contributed by atoms with van der Waals surface area (Å²) in [6.45, 7) is 0. The number of para-hydroxylation sites is 2. The van der Waals surface area contributed by atoms with Gasteiger partial charge in [0.2, 0.25) is 0 Å². The maximum Gasteiger partial charge on any atom is 0.262 e. The smallest absolute Gasteiger partial charge is 0.262 e. The minimum absolute atomic E-state index is 0.107. The number of fused-ring (bicyclic) bond motifs is 3. The molecule has 0 unspecified atom stereocenters. The molecule has 3 aromatic rings. The number of sulfonamides is 1. The molecule has 3 atom stereocenters. The molecule has 0 radical (unpaired) electrons. The minimum atomic E-state index is -3.78. The van der Waals surface area contributed by atoms with Crippen LogP contribution in [-0.4, -0.2) is 15.5 Å². The van der Waals surface area contributed by atoms with Crippen LogP contribution >= 0.6 is 11.6 Å². The summed E-state index contributed by atoms with van der Waals surface area (Å²) < 4.78 is 34.2. The van der Waals surface area contributed by atoms with Crippen molar-refractivity contribution in [2.24, 2.45) is 5.92 Å². The SMILES string of the molecule is COc1ccccc1NS(=O)(=O)c1ccc2c(c1)[C@H]1C=CC[C@H]1[C@@H](c1cccc(Cl)c1)N2. The molecular weight excluding hydrogens is 444 g/mol. The molecule has 1 aliphatic heterocycles. The highest BCUT2D eigenvalue weighted by atomic mass is 35.5. The van der Waals surface area contributed by atoms with Crippen molar-refractivity contribution in [3.05, 3.63) is 95.0 Å². The zero-order chi connectivity index (χ0) is 22.3. The minimum Gasteiger partial charge on any atom is -0.495 e. The average molecular weight is 467 g/mol. The van der Waals surface area contributed by atoms with E-state index in [1.807, 2.05) is 24.3 Å². The highest BCUT2D eigenvalue weighted by Gasteiger charge is 2.38. The van der Waals surface area contributed by atoms with E-state index >= 15 is 0 Å². The van der Waals surface area contributed by atoms with Gasteiger partial charge in [-0.1, -0.05) is 48.0 Å². The Labute approximate surface area is 193 Å². The van der Waals surface area contributed by atoms with Crippen LogP contribution in [0.3, 0.4) is 0 Å². The molecule has 3 aromatic carbocycles. The van der Waals surface area contributed by atoms with Gasteiger partial charge in [0.1, 0.15) is 5.75 Å². The van der Waals surface area contributed by atoms with Gasteiger partial charge in [-0.3, -0.25) is 4.72 Å². The van der Waals surface area contributed by atoms with E-state index in [9.17, 15) is 8.42 Å². The van der Waals surface area contributed by atoms with Crippen molar-refractivity contribution >= 4 is 33.0 Å². The maximum atomic E-state index is 13.2. The quantitative estimate of drug-likeness (QED) is 0.454. The van der Waals surface area contributed by atoms with E-state index in [1.165, 1.54) is 7.11 Å². The first kappa shape index (κ1) is 20.9. The van der Waals surface area contributed by atoms with Crippen molar-refractivity contribution in [1.29, 1.82) is 0 Å². The Morgan fingerprint density at radius 1 is 1.06 bits per heavy atom. The van der Waals surface area contributed by atoms with Crippen LogP contribution in [0.4, 0.5) is 11.4 Å². The molecule has 0 aromatic heterocycles. The lowest BCUT2D eigenvalue weighted by molar-refractivity contribution is 0.417. The van der Waals surface area contributed by atoms with Gasteiger partial charge in [0.25, 0.3) is 10.0 Å². The summed E-state index contributed by atoms with van der Waals surface area (Å²) >= 11 is 6.24. The van der Waals surface area contributed by atoms with Crippen LogP contribution in [0.5, 0.6) is 5.75 Å². The summed E-state index contributed by atoms with van der Waals surface area (Å²) in [7, 11) is -2.26. The van der Waals surface area contributed by atoms with Gasteiger partial charge in [-0.05, 0) is 65.9 Å². The molecule has 0 spiro atoms. The van der Waals surface area contributed by atoms with E-state index in [1.54, 1.807) is 36.4 Å². The highest BCUT2D eigenvalue weighted by Crippen LogP contribution is 2.50. The van der Waals surface area contributed by atoms with Gasteiger partial charge in [-0.2, -0.15) is 0 Å². The van der Waals surface area contributed by atoms with Crippen LogP contribution in [0.2, 0.25) is 5.02 Å². The fourth-order valence-electron chi connectivity index (χ4n) is 4.70. The first-order valence-electron chi connectivity index (χ1n) is 10.4. The number of ether oxygens (including phenoxy) is 1. The van der Waals surface area contributed by atoms with Crippen LogP contribution in [0.1, 0.15) is 29.5 Å². The molecule has 5 nitrogen and oxygen atoms in total. The largest absolute Gasteiger partial charge is 0.495 e. The van der Waals surface area contributed by atoms with Gasteiger partial charge >= 0.3 is 0 Å². The van der Waals surface area contributed by atoms with Crippen molar-refractivity contribution in [3.63, 3.8) is 0 Å². The summed E-state index contributed by atoms with van der Waals surface area (Å²) in [4.78, 5) is 0.226. The molecule has 2 aliphatic rings. The molecular formula is C25H23ClN2O3S. The molecule has 1 heterocycles. The predicted molar refractivity (Wildman–Crippen MR) is 128 cm³/mol. The molecule has 0 fully saturated rings. The average Bonchev–Trinajstić information content (AvgIpc) is 3.28. The number of rotatable bonds is 5. The summed E-state index contributed by atoms with van der Waals surface area (Å²) in [5.74, 6) is 0.900. The summed E-state index contributed by atoms with van der Waals surface area (Å²) in [5.41, 5.74) is 3.48. The summed E-state index contributed by atoms with van der Waals surface area (Å²) in [5, 5.41) is 4.33. The maximum absolute atomic E-state index is 13.2. The molecule has 7 heteroatoms. The van der Waals surface area contributed by atoms with Gasteiger partial charge in [0.15, 0.2) is 0 Å². The summed E-state index contributed by atoms with van der Waals surface area (Å²) in [6, 6.07) is 20.3. The van der Waals surface area contributed by atoms with Gasteiger partial charge in [0, 0.05) is 16.6 Å². The number of hydrogen-bond donors (Lipinski definition) is 2. The lowest BCUT2D eigenvalue weighted by Crippen LogP contribution is -2.29. The Bertz CT molecular complexity index is 1310. The topological polar surface area (TPSA) is 67.4 Å². The van der Waals surface area contributed by atoms with E-state index in [-0.39, 0.29) is 16.9 Å². The number of hydrogen-bond acceptors (Lipinski definition) is 4. The van der Waals surface area contributed by atoms with Crippen LogP contribution < -0.4 is 14.8 Å². The number of allylic oxidation sites excluding steroid dienone is 2. The van der Waals surface area contributed by atoms with Crippen LogP contribution in [-0.2, 0) is 10.0 Å². The monoisotopic (exact) mass is 466 g/mol. The molecule has 164 valence electrons.